The van der Waals surface area contributed by atoms with E-state index < -0.39 is 14.1 Å². The van der Waals surface area contributed by atoms with Gasteiger partial charge in [-0.2, -0.15) is 0 Å². The minimum atomic E-state index is -1.88. The van der Waals surface area contributed by atoms with Gasteiger partial charge < -0.3 is 23.7 Å². The van der Waals surface area contributed by atoms with Gasteiger partial charge >= 0.3 is 5.97 Å². The van der Waals surface area contributed by atoms with Crippen molar-refractivity contribution in [2.45, 2.75) is 123 Å². The molecule has 1 N–H and O–H groups in total. The van der Waals surface area contributed by atoms with Crippen molar-refractivity contribution in [2.75, 3.05) is 19.8 Å². The highest BCUT2D eigenvalue weighted by Crippen LogP contribution is 2.65. The first kappa shape index (κ1) is 27.6. The zero-order chi connectivity index (χ0) is 25.9. The van der Waals surface area contributed by atoms with E-state index in [0.29, 0.717) is 13.2 Å². The van der Waals surface area contributed by atoms with Gasteiger partial charge in [-0.05, 0) is 68.0 Å². The quantitative estimate of drug-likeness (QED) is 0.379. The lowest BCUT2D eigenvalue weighted by Crippen LogP contribution is -2.58. The van der Waals surface area contributed by atoms with Crippen molar-refractivity contribution in [2.24, 2.45) is 28.6 Å². The van der Waals surface area contributed by atoms with Crippen LogP contribution in [0.2, 0.25) is 18.1 Å². The Kier molecular flexibility index (Phi) is 7.38. The average Bonchev–Trinajstić information content (AvgIpc) is 3.34. The third-order valence-electron chi connectivity index (χ3n) is 11.1. The molecule has 3 saturated carbocycles. The first-order chi connectivity index (χ1) is 16.2. The first-order valence-electron chi connectivity index (χ1n) is 13.9. The summed E-state index contributed by atoms with van der Waals surface area (Å²) in [6.07, 6.45) is 6.65. The van der Waals surface area contributed by atoms with Crippen LogP contribution in [0.1, 0.15) is 86.5 Å². The normalized spacial score (nSPS) is 41.7. The Morgan fingerprint density at radius 2 is 1.66 bits per heavy atom. The minimum Gasteiger partial charge on any atom is -0.462 e. The molecule has 1 spiro atoms. The van der Waals surface area contributed by atoms with Crippen molar-refractivity contribution in [3.63, 3.8) is 0 Å². The molecule has 0 aromatic heterocycles. The van der Waals surface area contributed by atoms with E-state index in [4.69, 9.17) is 18.6 Å². The van der Waals surface area contributed by atoms with E-state index in [1.807, 2.05) is 0 Å². The number of hydrogen-bond donors (Lipinski definition) is 1. The summed E-state index contributed by atoms with van der Waals surface area (Å²) in [6.45, 7) is 19.1. The zero-order valence-electron chi connectivity index (χ0n) is 23.4. The fraction of sp³-hybridized carbons (Fsp3) is 0.964. The maximum Gasteiger partial charge on any atom is 0.302 e. The summed E-state index contributed by atoms with van der Waals surface area (Å²) in [7, 11) is -1.88. The maximum absolute atomic E-state index is 12.4. The van der Waals surface area contributed by atoms with E-state index in [-0.39, 0.29) is 58.4 Å². The monoisotopic (exact) mass is 510 g/mol. The van der Waals surface area contributed by atoms with Gasteiger partial charge in [0.2, 0.25) is 0 Å². The number of fused-ring (bicyclic) bond motifs is 2. The van der Waals surface area contributed by atoms with Crippen molar-refractivity contribution in [3.8, 4) is 0 Å². The lowest BCUT2D eigenvalue weighted by atomic mass is 9.51. The van der Waals surface area contributed by atoms with Gasteiger partial charge in [0.25, 0.3) is 0 Å². The molecule has 4 fully saturated rings. The molecule has 0 radical (unpaired) electrons. The standard InChI is InChI=1S/C28H50O6Si/c1-19(30)33-24-22(10-13-27(6)23(24)11-14-28(27)31-15-16-32-28)26(5)12-9-21(17-20(26)18-29)34-35(7,8)25(2,3)4/h20-24,29H,9-18H2,1-8H3/t20-,21+,22?,23?,24-,26+,27+/m1/s1. The molecule has 3 aliphatic carbocycles. The van der Waals surface area contributed by atoms with E-state index in [1.165, 1.54) is 6.92 Å². The van der Waals surface area contributed by atoms with Crippen molar-refractivity contribution >= 4 is 14.3 Å². The smallest absolute Gasteiger partial charge is 0.302 e. The van der Waals surface area contributed by atoms with E-state index in [2.05, 4.69) is 47.7 Å². The van der Waals surface area contributed by atoms with Crippen molar-refractivity contribution in [1.29, 1.82) is 0 Å². The minimum absolute atomic E-state index is 0.101. The molecular formula is C28H50O6Si. The summed E-state index contributed by atoms with van der Waals surface area (Å²) in [6, 6.07) is 0. The van der Waals surface area contributed by atoms with Gasteiger partial charge in [0, 0.05) is 43.3 Å². The fourth-order valence-corrected chi connectivity index (χ4v) is 9.28. The summed E-state index contributed by atoms with van der Waals surface area (Å²) in [5.41, 5.74) is -0.259. The lowest BCUT2D eigenvalue weighted by Gasteiger charge is -2.57. The highest BCUT2D eigenvalue weighted by atomic mass is 28.4. The van der Waals surface area contributed by atoms with E-state index in [0.717, 1.165) is 44.9 Å². The molecule has 4 aliphatic rings. The van der Waals surface area contributed by atoms with Gasteiger partial charge in [0.05, 0.1) is 13.2 Å². The molecule has 1 heterocycles. The van der Waals surface area contributed by atoms with Gasteiger partial charge in [-0.3, -0.25) is 4.79 Å². The summed E-state index contributed by atoms with van der Waals surface area (Å²) < 4.78 is 25.5. The number of esters is 1. The molecule has 4 rings (SSSR count). The van der Waals surface area contributed by atoms with E-state index in [9.17, 15) is 9.90 Å². The van der Waals surface area contributed by atoms with Crippen LogP contribution in [0.5, 0.6) is 0 Å². The largest absolute Gasteiger partial charge is 0.462 e. The van der Waals surface area contributed by atoms with Gasteiger partial charge in [-0.15, -0.1) is 0 Å². The van der Waals surface area contributed by atoms with Crippen LogP contribution >= 0.6 is 0 Å². The molecule has 0 aromatic rings. The second-order valence-corrected chi connectivity index (χ2v) is 18.6. The van der Waals surface area contributed by atoms with Gasteiger partial charge in [0.1, 0.15) is 6.10 Å². The van der Waals surface area contributed by atoms with Crippen LogP contribution in [0, 0.1) is 28.6 Å². The maximum atomic E-state index is 12.4. The Morgan fingerprint density at radius 1 is 1.03 bits per heavy atom. The Labute approximate surface area is 213 Å². The SMILES string of the molecule is CC(=O)O[C@H]1C2CCC3(OCCO3)[C@@]2(C)CCC1[C@@]1(C)CC[C@H](O[Si](C)(C)C(C)(C)C)C[C@@H]1CO. The Bertz CT molecular complexity index is 787. The van der Waals surface area contributed by atoms with Crippen molar-refractivity contribution in [3.05, 3.63) is 0 Å². The molecule has 1 aliphatic heterocycles. The van der Waals surface area contributed by atoms with Crippen LogP contribution in [0.15, 0.2) is 0 Å². The number of hydrogen-bond acceptors (Lipinski definition) is 6. The molecule has 35 heavy (non-hydrogen) atoms. The molecule has 7 heteroatoms. The number of rotatable bonds is 5. The summed E-state index contributed by atoms with van der Waals surface area (Å²) in [5.74, 6) is -0.189. The molecule has 0 bridgehead atoms. The fourth-order valence-electron chi connectivity index (χ4n) is 7.88. The number of carbonyl (C=O) groups is 1. The first-order valence-corrected chi connectivity index (χ1v) is 16.8. The predicted molar refractivity (Wildman–Crippen MR) is 138 cm³/mol. The van der Waals surface area contributed by atoms with Crippen LogP contribution < -0.4 is 0 Å². The number of aliphatic hydroxyl groups excluding tert-OH is 1. The molecule has 0 aromatic carbocycles. The number of carbonyl (C=O) groups excluding carboxylic acids is 1. The molecule has 7 atom stereocenters. The lowest BCUT2D eigenvalue weighted by molar-refractivity contribution is -0.253. The molecule has 2 unspecified atom stereocenters. The van der Waals surface area contributed by atoms with E-state index in [1.54, 1.807) is 0 Å². The van der Waals surface area contributed by atoms with Gasteiger partial charge in [0.15, 0.2) is 14.1 Å². The molecule has 1 saturated heterocycles. The van der Waals surface area contributed by atoms with Crippen LogP contribution in [0.4, 0.5) is 0 Å². The van der Waals surface area contributed by atoms with Crippen LogP contribution in [-0.2, 0) is 23.4 Å². The average molecular weight is 511 g/mol. The Balaban J connectivity index is 1.58. The molecule has 0 amide bonds. The van der Waals surface area contributed by atoms with Crippen molar-refractivity contribution in [1.82, 2.24) is 0 Å². The van der Waals surface area contributed by atoms with Gasteiger partial charge in [-0.25, -0.2) is 0 Å². The zero-order valence-corrected chi connectivity index (χ0v) is 24.4. The van der Waals surface area contributed by atoms with Crippen LogP contribution in [-0.4, -0.2) is 57.2 Å². The second-order valence-electron chi connectivity index (χ2n) is 13.9. The van der Waals surface area contributed by atoms with Crippen molar-refractivity contribution < 1.29 is 28.5 Å². The summed E-state index contributed by atoms with van der Waals surface area (Å²) in [4.78, 5) is 12.4. The molecule has 202 valence electrons. The van der Waals surface area contributed by atoms with E-state index >= 15 is 0 Å². The third kappa shape index (κ3) is 4.56. The molecular weight excluding hydrogens is 460 g/mol. The predicted octanol–water partition coefficient (Wildman–Crippen LogP) is 5.68. The van der Waals surface area contributed by atoms with Crippen LogP contribution in [0.3, 0.4) is 0 Å². The van der Waals surface area contributed by atoms with Crippen LogP contribution in [0.25, 0.3) is 0 Å². The number of ether oxygens (including phenoxy) is 3. The highest BCUT2D eigenvalue weighted by Gasteiger charge is 2.67. The Hall–Kier alpha value is -0.473. The second kappa shape index (κ2) is 9.37. The highest BCUT2D eigenvalue weighted by molar-refractivity contribution is 6.74. The summed E-state index contributed by atoms with van der Waals surface area (Å²) >= 11 is 0. The Morgan fingerprint density at radius 3 is 2.23 bits per heavy atom. The topological polar surface area (TPSA) is 74.2 Å². The van der Waals surface area contributed by atoms with Gasteiger partial charge in [-0.1, -0.05) is 34.6 Å². The third-order valence-corrected chi connectivity index (χ3v) is 15.7. The molecule has 6 nitrogen and oxygen atoms in total. The summed E-state index contributed by atoms with van der Waals surface area (Å²) in [5, 5.41) is 10.8. The number of aliphatic hydroxyl groups is 1.